The maximum absolute atomic E-state index is 2.66. The summed E-state index contributed by atoms with van der Waals surface area (Å²) >= 11 is 0. The third-order valence-corrected chi connectivity index (χ3v) is 3.35. The fraction of sp³-hybridized carbons (Fsp3) is 1.00. The molecule has 1 aliphatic carbocycles. The van der Waals surface area contributed by atoms with Crippen molar-refractivity contribution in [2.75, 3.05) is 19.6 Å². The average molecular weight is 183 g/mol. The minimum atomic E-state index is 0.740. The third kappa shape index (κ3) is 3.30. The van der Waals surface area contributed by atoms with Gasteiger partial charge in [-0.1, -0.05) is 20.8 Å². The molecule has 0 aromatic heterocycles. The fourth-order valence-electron chi connectivity index (χ4n) is 2.18. The highest BCUT2D eigenvalue weighted by molar-refractivity contribution is 4.94. The molecule has 0 unspecified atom stereocenters. The van der Waals surface area contributed by atoms with Gasteiger partial charge in [-0.3, -0.25) is 0 Å². The van der Waals surface area contributed by atoms with Crippen LogP contribution in [0.1, 0.15) is 52.9 Å². The molecule has 0 amide bonds. The second-order valence-corrected chi connectivity index (χ2v) is 4.63. The van der Waals surface area contributed by atoms with Crippen LogP contribution in [0.15, 0.2) is 0 Å². The van der Waals surface area contributed by atoms with Crippen LogP contribution in [-0.4, -0.2) is 24.5 Å². The van der Waals surface area contributed by atoms with Gasteiger partial charge in [-0.25, -0.2) is 0 Å². The summed E-state index contributed by atoms with van der Waals surface area (Å²) in [6, 6.07) is 0. The molecule has 13 heavy (non-hydrogen) atoms. The van der Waals surface area contributed by atoms with E-state index in [-0.39, 0.29) is 0 Å². The van der Waals surface area contributed by atoms with Gasteiger partial charge < -0.3 is 4.90 Å². The first kappa shape index (κ1) is 11.0. The van der Waals surface area contributed by atoms with Crippen molar-refractivity contribution in [1.29, 1.82) is 0 Å². The summed E-state index contributed by atoms with van der Waals surface area (Å²) in [6.07, 6.45) is 6.96. The van der Waals surface area contributed by atoms with Crippen LogP contribution >= 0.6 is 0 Å². The smallest absolute Gasteiger partial charge is 0.00379 e. The molecule has 1 rings (SSSR count). The maximum Gasteiger partial charge on any atom is 0.00379 e. The lowest BCUT2D eigenvalue weighted by molar-refractivity contribution is 0.216. The van der Waals surface area contributed by atoms with E-state index in [4.69, 9.17) is 0 Å². The molecule has 0 spiro atoms. The molecule has 0 saturated heterocycles. The molecule has 0 atom stereocenters. The van der Waals surface area contributed by atoms with E-state index in [9.17, 15) is 0 Å². The Morgan fingerprint density at radius 1 is 1.00 bits per heavy atom. The van der Waals surface area contributed by atoms with Crippen LogP contribution in [0.2, 0.25) is 0 Å². The first-order valence-electron chi connectivity index (χ1n) is 5.98. The molecule has 0 radical (unpaired) electrons. The van der Waals surface area contributed by atoms with E-state index in [2.05, 4.69) is 25.7 Å². The van der Waals surface area contributed by atoms with Crippen molar-refractivity contribution >= 4 is 0 Å². The molecule has 0 bridgehead atoms. The van der Waals surface area contributed by atoms with Crippen LogP contribution in [-0.2, 0) is 0 Å². The van der Waals surface area contributed by atoms with Crippen LogP contribution in [0, 0.1) is 5.41 Å². The highest BCUT2D eigenvalue weighted by Gasteiger charge is 2.41. The molecule has 1 fully saturated rings. The van der Waals surface area contributed by atoms with Crippen LogP contribution in [0.5, 0.6) is 0 Å². The Balaban J connectivity index is 2.28. The molecule has 78 valence electrons. The summed E-state index contributed by atoms with van der Waals surface area (Å²) in [7, 11) is 0. The Hall–Kier alpha value is -0.0400. The van der Waals surface area contributed by atoms with Crippen molar-refractivity contribution in [3.63, 3.8) is 0 Å². The van der Waals surface area contributed by atoms with Gasteiger partial charge in [0, 0.05) is 6.54 Å². The molecule has 0 aromatic carbocycles. The largest absolute Gasteiger partial charge is 0.303 e. The molecule has 0 aliphatic heterocycles. The predicted molar refractivity (Wildman–Crippen MR) is 59.0 cm³/mol. The lowest BCUT2D eigenvalue weighted by Gasteiger charge is -2.26. The minimum Gasteiger partial charge on any atom is -0.303 e. The van der Waals surface area contributed by atoms with E-state index in [1.165, 1.54) is 51.7 Å². The molecular formula is C12H25N. The summed E-state index contributed by atoms with van der Waals surface area (Å²) in [4.78, 5) is 2.66. The maximum atomic E-state index is 2.66. The molecule has 1 saturated carbocycles. The molecular weight excluding hydrogens is 158 g/mol. The monoisotopic (exact) mass is 183 g/mol. The lowest BCUT2D eigenvalue weighted by Crippen LogP contribution is -2.31. The minimum absolute atomic E-state index is 0.740. The van der Waals surface area contributed by atoms with Crippen molar-refractivity contribution < 1.29 is 0 Å². The van der Waals surface area contributed by atoms with Crippen molar-refractivity contribution in [3.8, 4) is 0 Å². The van der Waals surface area contributed by atoms with Crippen LogP contribution < -0.4 is 0 Å². The third-order valence-electron chi connectivity index (χ3n) is 3.35. The molecule has 1 aliphatic rings. The first-order valence-corrected chi connectivity index (χ1v) is 5.98. The summed E-state index contributed by atoms with van der Waals surface area (Å²) in [5.74, 6) is 0. The van der Waals surface area contributed by atoms with Crippen molar-refractivity contribution in [2.24, 2.45) is 5.41 Å². The van der Waals surface area contributed by atoms with Gasteiger partial charge >= 0.3 is 0 Å². The van der Waals surface area contributed by atoms with E-state index < -0.39 is 0 Å². The van der Waals surface area contributed by atoms with Gasteiger partial charge in [0.25, 0.3) is 0 Å². The van der Waals surface area contributed by atoms with E-state index in [1.807, 2.05) is 0 Å². The average Bonchev–Trinajstić information content (AvgIpc) is 2.87. The van der Waals surface area contributed by atoms with Gasteiger partial charge in [-0.2, -0.15) is 0 Å². The lowest BCUT2D eigenvalue weighted by atomic mass is 10.0. The number of hydrogen-bond donors (Lipinski definition) is 0. The highest BCUT2D eigenvalue weighted by Crippen LogP contribution is 2.49. The Labute approximate surface area is 83.5 Å². The second-order valence-electron chi connectivity index (χ2n) is 4.63. The van der Waals surface area contributed by atoms with Crippen molar-refractivity contribution in [2.45, 2.75) is 52.9 Å². The summed E-state index contributed by atoms with van der Waals surface area (Å²) in [5.41, 5.74) is 0.740. The second kappa shape index (κ2) is 4.99. The molecule has 0 aromatic rings. The Morgan fingerprint density at radius 3 is 1.85 bits per heavy atom. The quantitative estimate of drug-likeness (QED) is 0.585. The Bertz CT molecular complexity index is 132. The summed E-state index contributed by atoms with van der Waals surface area (Å²) < 4.78 is 0. The van der Waals surface area contributed by atoms with Gasteiger partial charge in [0.1, 0.15) is 0 Å². The van der Waals surface area contributed by atoms with Gasteiger partial charge in [-0.15, -0.1) is 0 Å². The summed E-state index contributed by atoms with van der Waals surface area (Å²) in [6.45, 7) is 10.9. The van der Waals surface area contributed by atoms with Gasteiger partial charge in [0.15, 0.2) is 0 Å². The molecule has 1 nitrogen and oxygen atoms in total. The number of hydrogen-bond acceptors (Lipinski definition) is 1. The topological polar surface area (TPSA) is 3.24 Å². The van der Waals surface area contributed by atoms with E-state index >= 15 is 0 Å². The highest BCUT2D eigenvalue weighted by atomic mass is 15.1. The normalized spacial score (nSPS) is 19.4. The SMILES string of the molecule is CCCN(CCC)CC1(CC)CC1. The van der Waals surface area contributed by atoms with Crippen molar-refractivity contribution in [3.05, 3.63) is 0 Å². The van der Waals surface area contributed by atoms with E-state index in [1.54, 1.807) is 0 Å². The standard InChI is InChI=1S/C12H25N/c1-4-9-13(10-5-2)11-12(6-3)7-8-12/h4-11H2,1-3H3. The van der Waals surface area contributed by atoms with Gasteiger partial charge in [-0.05, 0) is 50.6 Å². The van der Waals surface area contributed by atoms with Crippen LogP contribution in [0.25, 0.3) is 0 Å². The number of nitrogens with zero attached hydrogens (tertiary/aromatic N) is 1. The van der Waals surface area contributed by atoms with Gasteiger partial charge in [0.05, 0.1) is 0 Å². The molecule has 0 N–H and O–H groups in total. The zero-order chi connectivity index (χ0) is 9.73. The molecule has 0 heterocycles. The predicted octanol–water partition coefficient (Wildman–Crippen LogP) is 3.30. The van der Waals surface area contributed by atoms with Gasteiger partial charge in [0.2, 0.25) is 0 Å². The zero-order valence-electron chi connectivity index (χ0n) is 9.60. The Kier molecular flexibility index (Phi) is 4.24. The first-order chi connectivity index (χ1) is 6.26. The fourth-order valence-corrected chi connectivity index (χ4v) is 2.18. The van der Waals surface area contributed by atoms with Crippen LogP contribution in [0.3, 0.4) is 0 Å². The van der Waals surface area contributed by atoms with Crippen molar-refractivity contribution in [1.82, 2.24) is 4.90 Å². The van der Waals surface area contributed by atoms with Crippen LogP contribution in [0.4, 0.5) is 0 Å². The van der Waals surface area contributed by atoms with E-state index in [0.717, 1.165) is 5.41 Å². The molecule has 1 heteroatoms. The summed E-state index contributed by atoms with van der Waals surface area (Å²) in [5, 5.41) is 0. The van der Waals surface area contributed by atoms with E-state index in [0.29, 0.717) is 0 Å². The number of rotatable bonds is 7. The Morgan fingerprint density at radius 2 is 1.54 bits per heavy atom. The zero-order valence-corrected chi connectivity index (χ0v) is 9.60.